The number of carbonyl (C=O) groups is 1. The van der Waals surface area contributed by atoms with Gasteiger partial charge < -0.3 is 14.6 Å². The number of rotatable bonds is 5. The first-order chi connectivity index (χ1) is 18.8. The summed E-state index contributed by atoms with van der Waals surface area (Å²) in [5, 5.41) is 19.6. The Balaban J connectivity index is 1.37. The van der Waals surface area contributed by atoms with Crippen molar-refractivity contribution in [1.29, 1.82) is 5.26 Å². The van der Waals surface area contributed by atoms with Gasteiger partial charge in [-0.2, -0.15) is 5.26 Å². The molecule has 194 valence electrons. The van der Waals surface area contributed by atoms with Crippen molar-refractivity contribution in [3.63, 3.8) is 0 Å². The number of nitrogens with zero attached hydrogens (tertiary/aromatic N) is 6. The molecular formula is C27H19FN6O4S. The molecule has 10 nitrogen and oxygen atoms in total. The topological polar surface area (TPSA) is 134 Å². The zero-order valence-corrected chi connectivity index (χ0v) is 21.5. The molecule has 1 atom stereocenters. The van der Waals surface area contributed by atoms with E-state index in [0.717, 1.165) is 20.7 Å². The van der Waals surface area contributed by atoms with Crippen LogP contribution in [0.1, 0.15) is 16.7 Å². The maximum absolute atomic E-state index is 15.2. The molecule has 0 unspecified atom stereocenters. The van der Waals surface area contributed by atoms with Gasteiger partial charge in [0, 0.05) is 29.8 Å². The number of thiazole rings is 1. The van der Waals surface area contributed by atoms with Gasteiger partial charge in [-0.05, 0) is 30.7 Å². The van der Waals surface area contributed by atoms with Crippen molar-refractivity contribution in [2.45, 2.75) is 19.4 Å². The van der Waals surface area contributed by atoms with Crippen LogP contribution in [0.2, 0.25) is 0 Å². The van der Waals surface area contributed by atoms with Crippen LogP contribution in [0.4, 0.5) is 14.9 Å². The van der Waals surface area contributed by atoms with Gasteiger partial charge in [-0.3, -0.25) is 9.88 Å². The molecule has 0 saturated carbocycles. The smallest absolute Gasteiger partial charge is 0.411 e. The Bertz CT molecular complexity index is 1840. The number of ether oxygens (including phenoxy) is 2. The van der Waals surface area contributed by atoms with E-state index in [-0.39, 0.29) is 30.0 Å². The summed E-state index contributed by atoms with van der Waals surface area (Å²) in [6.07, 6.45) is 2.65. The van der Waals surface area contributed by atoms with Crippen LogP contribution < -0.4 is 14.4 Å². The highest BCUT2D eigenvalue weighted by atomic mass is 32.1. The van der Waals surface area contributed by atoms with Crippen molar-refractivity contribution in [2.24, 2.45) is 0 Å². The highest BCUT2D eigenvalue weighted by Crippen LogP contribution is 2.43. The fraction of sp³-hybridized carbons (Fsp3) is 0.185. The predicted octanol–water partition coefficient (Wildman–Crippen LogP) is 5.12. The fourth-order valence-electron chi connectivity index (χ4n) is 4.69. The van der Waals surface area contributed by atoms with Gasteiger partial charge in [0.25, 0.3) is 0 Å². The van der Waals surface area contributed by atoms with E-state index in [2.05, 4.69) is 15.0 Å². The maximum atomic E-state index is 15.2. The molecule has 4 heterocycles. The van der Waals surface area contributed by atoms with Crippen LogP contribution in [0, 0.1) is 24.1 Å². The molecule has 0 aliphatic carbocycles. The lowest BCUT2D eigenvalue weighted by atomic mass is 10.1. The number of halogens is 1. The van der Waals surface area contributed by atoms with Crippen LogP contribution in [0.25, 0.3) is 31.8 Å². The first kappa shape index (κ1) is 24.4. The number of benzene rings is 2. The molecule has 0 bridgehead atoms. The Morgan fingerprint density at radius 2 is 2.10 bits per heavy atom. The summed E-state index contributed by atoms with van der Waals surface area (Å²) in [5.74, 6) is -0.0713. The van der Waals surface area contributed by atoms with Gasteiger partial charge in [0.1, 0.15) is 17.2 Å². The van der Waals surface area contributed by atoms with E-state index in [4.69, 9.17) is 19.7 Å². The number of aromatic nitrogens is 4. The highest BCUT2D eigenvalue weighted by molar-refractivity contribution is 7.22. The summed E-state index contributed by atoms with van der Waals surface area (Å²) >= 11 is 1.39. The summed E-state index contributed by atoms with van der Waals surface area (Å²) < 4.78 is 27.0. The van der Waals surface area contributed by atoms with E-state index in [0.29, 0.717) is 33.0 Å². The van der Waals surface area contributed by atoms with Gasteiger partial charge in [-0.25, -0.2) is 24.1 Å². The second-order valence-electron chi connectivity index (χ2n) is 9.01. The summed E-state index contributed by atoms with van der Waals surface area (Å²) in [5.41, 5.74) is 4.62. The van der Waals surface area contributed by atoms with Crippen molar-refractivity contribution in [3.05, 3.63) is 65.4 Å². The number of nitriles is 1. The van der Waals surface area contributed by atoms with Crippen molar-refractivity contribution in [2.75, 3.05) is 18.6 Å². The lowest BCUT2D eigenvalue weighted by molar-refractivity contribution is 0.190. The fourth-order valence-corrected chi connectivity index (χ4v) is 5.80. The third-order valence-electron chi connectivity index (χ3n) is 6.39. The second-order valence-corrected chi connectivity index (χ2v) is 10.0. The van der Waals surface area contributed by atoms with Gasteiger partial charge in [0.05, 0.1) is 58.5 Å². The van der Waals surface area contributed by atoms with Gasteiger partial charge in [0.2, 0.25) is 5.88 Å². The lowest BCUT2D eigenvalue weighted by Crippen LogP contribution is -2.38. The predicted molar refractivity (Wildman–Crippen MR) is 142 cm³/mol. The van der Waals surface area contributed by atoms with E-state index in [1.165, 1.54) is 43.0 Å². The molecule has 0 radical (unpaired) electrons. The monoisotopic (exact) mass is 542 g/mol. The minimum absolute atomic E-state index is 0.0763. The van der Waals surface area contributed by atoms with Crippen molar-refractivity contribution in [3.8, 4) is 28.3 Å². The number of hydrogen-bond acceptors (Lipinski definition) is 9. The van der Waals surface area contributed by atoms with Crippen molar-refractivity contribution < 1.29 is 23.8 Å². The van der Waals surface area contributed by atoms with Gasteiger partial charge >= 0.3 is 6.09 Å². The van der Waals surface area contributed by atoms with E-state index in [1.54, 1.807) is 6.20 Å². The average molecular weight is 543 g/mol. The van der Waals surface area contributed by atoms with Crippen LogP contribution in [-0.4, -0.2) is 50.9 Å². The number of amides is 1. The van der Waals surface area contributed by atoms with Gasteiger partial charge in [0.15, 0.2) is 11.6 Å². The Morgan fingerprint density at radius 1 is 1.26 bits per heavy atom. The molecule has 1 aliphatic rings. The molecule has 0 saturated heterocycles. The van der Waals surface area contributed by atoms with Gasteiger partial charge in [-0.1, -0.05) is 0 Å². The second kappa shape index (κ2) is 9.45. The summed E-state index contributed by atoms with van der Waals surface area (Å²) in [7, 11) is 1.53. The molecule has 0 fully saturated rings. The number of methoxy groups -OCH3 is 1. The Kier molecular flexibility index (Phi) is 5.92. The minimum Gasteiger partial charge on any atom is -0.485 e. The first-order valence-electron chi connectivity index (χ1n) is 11.8. The molecule has 5 aromatic rings. The van der Waals surface area contributed by atoms with Crippen LogP contribution in [0.15, 0.2) is 42.9 Å². The summed E-state index contributed by atoms with van der Waals surface area (Å²) in [6.45, 7) is 1.87. The van der Waals surface area contributed by atoms with Crippen LogP contribution in [-0.2, 0) is 6.42 Å². The van der Waals surface area contributed by atoms with E-state index >= 15 is 4.39 Å². The molecule has 12 heteroatoms. The number of carboxylic acid groups (broad SMARTS) is 1. The molecule has 6 rings (SSSR count). The number of anilines is 1. The third-order valence-corrected chi connectivity index (χ3v) is 7.55. The molecule has 1 aliphatic heterocycles. The zero-order chi connectivity index (χ0) is 27.3. The minimum atomic E-state index is -1.23. The molecule has 1 amide bonds. The SMILES string of the molecule is COc1cnc2c(-c3nc4cc(F)c5c(c4s3)C[C@H](CN(C(=O)O)c3cncc(C#N)c3)O5)cc(C)cc2n1. The van der Waals surface area contributed by atoms with E-state index in [1.807, 2.05) is 25.1 Å². The Morgan fingerprint density at radius 3 is 2.87 bits per heavy atom. The first-order valence-corrected chi connectivity index (χ1v) is 12.6. The normalized spacial score (nSPS) is 14.2. The third kappa shape index (κ3) is 4.32. The number of pyridine rings is 1. The van der Waals surface area contributed by atoms with Crippen molar-refractivity contribution >= 4 is 44.4 Å². The Labute approximate surface area is 224 Å². The molecule has 0 spiro atoms. The largest absolute Gasteiger partial charge is 0.485 e. The van der Waals surface area contributed by atoms with Crippen LogP contribution in [0.3, 0.4) is 0 Å². The summed E-state index contributed by atoms with van der Waals surface area (Å²) in [6, 6.07) is 8.59. The molecule has 3 aromatic heterocycles. The number of aryl methyl sites for hydroxylation is 1. The molecule has 39 heavy (non-hydrogen) atoms. The average Bonchev–Trinajstić information content (AvgIpc) is 3.55. The van der Waals surface area contributed by atoms with E-state index in [9.17, 15) is 9.90 Å². The Hall–Kier alpha value is -4.89. The van der Waals surface area contributed by atoms with E-state index < -0.39 is 18.0 Å². The zero-order valence-electron chi connectivity index (χ0n) is 20.7. The molecule has 2 aromatic carbocycles. The quantitative estimate of drug-likeness (QED) is 0.321. The maximum Gasteiger partial charge on any atom is 0.411 e. The number of fused-ring (bicyclic) bond motifs is 4. The van der Waals surface area contributed by atoms with Crippen LogP contribution >= 0.6 is 11.3 Å². The highest BCUT2D eigenvalue weighted by Gasteiger charge is 2.33. The standard InChI is InChI=1S/C27H19FN6O4S/c1-13-3-17(23-20(4-13)32-22(37-2)11-31-23)26-33-21-7-19(28)24-18(25(21)39-26)6-16(38-24)12-34(27(35)36)15-5-14(8-29)9-30-10-15/h3-5,7,9-11,16H,6,12H2,1-2H3,(H,35,36)/t16-/m1/s1. The number of hydrogen-bond donors (Lipinski definition) is 1. The van der Waals surface area contributed by atoms with Crippen molar-refractivity contribution in [1.82, 2.24) is 19.9 Å². The lowest BCUT2D eigenvalue weighted by Gasteiger charge is -2.22. The summed E-state index contributed by atoms with van der Waals surface area (Å²) in [4.78, 5) is 30.8. The van der Waals surface area contributed by atoms with Crippen LogP contribution in [0.5, 0.6) is 11.6 Å². The molecular weight excluding hydrogens is 523 g/mol. The van der Waals surface area contributed by atoms with Gasteiger partial charge in [-0.15, -0.1) is 11.3 Å². The molecule has 1 N–H and O–H groups in total.